The summed E-state index contributed by atoms with van der Waals surface area (Å²) < 4.78 is 70.0. The van der Waals surface area contributed by atoms with Crippen molar-refractivity contribution in [1.29, 1.82) is 0 Å². The first-order valence-electron chi connectivity index (χ1n) is 17.7. The first-order chi connectivity index (χ1) is 26.2. The van der Waals surface area contributed by atoms with Gasteiger partial charge in [0.05, 0.1) is 12.7 Å². The Morgan fingerprint density at radius 1 is 0.518 bits per heavy atom. The number of esters is 6. The smallest absolute Gasteiger partial charge is 0.303 e. The Bertz CT molecular complexity index is 1510. The number of nitrogens with one attached hydrogen (secondary N) is 2. The van der Waals surface area contributed by atoms with Gasteiger partial charge in [-0.3, -0.25) is 38.4 Å². The zero-order valence-corrected chi connectivity index (χ0v) is 32.2. The van der Waals surface area contributed by atoms with E-state index in [0.717, 1.165) is 48.5 Å². The van der Waals surface area contributed by atoms with Crippen molar-refractivity contribution in [2.45, 2.75) is 154 Å². The maximum atomic E-state index is 12.6. The Morgan fingerprint density at radius 2 is 1.02 bits per heavy atom. The van der Waals surface area contributed by atoms with Crippen LogP contribution in [-0.4, -0.2) is 153 Å². The normalized spacial score (nSPS) is 36.2. The second-order valence-corrected chi connectivity index (χ2v) is 13.5. The summed E-state index contributed by atoms with van der Waals surface area (Å²) in [6.07, 6.45) is -17.6. The third-order valence-electron chi connectivity index (χ3n) is 8.73. The average molecular weight is 805 g/mol. The predicted molar refractivity (Wildman–Crippen MR) is 177 cm³/mol. The van der Waals surface area contributed by atoms with Crippen molar-refractivity contribution in [3.8, 4) is 0 Å². The quantitative estimate of drug-likeness (QED) is 0.154. The Hall–Kier alpha value is -4.48. The average Bonchev–Trinajstić information content (AvgIpc) is 3.50. The third-order valence-corrected chi connectivity index (χ3v) is 8.73. The molecule has 4 aliphatic heterocycles. The van der Waals surface area contributed by atoms with E-state index in [4.69, 9.17) is 56.8 Å². The maximum absolute atomic E-state index is 12.6. The number of amides is 2. The summed E-state index contributed by atoms with van der Waals surface area (Å²) in [5.41, 5.74) is 0. The molecule has 22 heteroatoms. The molecule has 4 heterocycles. The van der Waals surface area contributed by atoms with Crippen molar-refractivity contribution in [3.63, 3.8) is 0 Å². The summed E-state index contributed by atoms with van der Waals surface area (Å²) in [4.78, 5) is 98.5. The minimum Gasteiger partial charge on any atom is -0.463 e. The molecule has 56 heavy (non-hydrogen) atoms. The lowest BCUT2D eigenvalue weighted by atomic mass is 9.94. The van der Waals surface area contributed by atoms with Crippen LogP contribution in [0.4, 0.5) is 0 Å². The van der Waals surface area contributed by atoms with E-state index in [-0.39, 0.29) is 6.61 Å². The fraction of sp³-hybridized carbons (Fsp3) is 0.765. The predicted octanol–water partition coefficient (Wildman–Crippen LogP) is -1.79. The van der Waals surface area contributed by atoms with Gasteiger partial charge in [-0.1, -0.05) is 0 Å². The van der Waals surface area contributed by atoms with Gasteiger partial charge < -0.3 is 67.5 Å². The molecule has 2 N–H and O–H groups in total. The molecule has 4 saturated heterocycles. The first kappa shape index (κ1) is 44.2. The number of ether oxygens (including phenoxy) is 12. The lowest BCUT2D eigenvalue weighted by Gasteiger charge is -2.49. The van der Waals surface area contributed by atoms with Gasteiger partial charge in [0.2, 0.25) is 11.8 Å². The second-order valence-electron chi connectivity index (χ2n) is 13.5. The highest BCUT2D eigenvalue weighted by Crippen LogP contribution is 2.38. The number of hydrogen-bond acceptors (Lipinski definition) is 20. The standard InChI is InChI=1S/C34H48N2O20/c1-12-25(48-16(5)40)30(51-19(8)43)31(52-20(9)44)34(47-12)56-29-23(35-13(2)37)32-46-11-22(53-32)27(29)55-33-24(36-14(3)38)28(50-18(7)42)26(49-17(6)41)21(54-33)10-45-15(4)39/h12,21-34H,10-11H2,1-9H3,(H,35,37)(H,36,38)/t12-,21+,22+,23+,24+,25+,26+,27+,28+,29+,30+,31-,32+,33-,34-/m0/s1. The van der Waals surface area contributed by atoms with Crippen LogP contribution in [-0.2, 0) is 95.2 Å². The molecule has 0 aromatic heterocycles. The number of hydrogen-bond donors (Lipinski definition) is 2. The molecule has 0 saturated carbocycles. The van der Waals surface area contributed by atoms with Gasteiger partial charge in [-0.15, -0.1) is 0 Å². The molecule has 0 radical (unpaired) electrons. The van der Waals surface area contributed by atoms with Gasteiger partial charge in [0, 0.05) is 55.4 Å². The van der Waals surface area contributed by atoms with E-state index in [2.05, 4.69) is 10.6 Å². The number of rotatable bonds is 13. The van der Waals surface area contributed by atoms with Crippen molar-refractivity contribution in [3.05, 3.63) is 0 Å². The van der Waals surface area contributed by atoms with E-state index in [1.807, 2.05) is 0 Å². The van der Waals surface area contributed by atoms with Gasteiger partial charge in [-0.05, 0) is 6.92 Å². The number of carbonyl (C=O) groups is 8. The van der Waals surface area contributed by atoms with Crippen LogP contribution in [0.25, 0.3) is 0 Å². The molecule has 0 aliphatic carbocycles. The second kappa shape index (κ2) is 19.1. The molecule has 0 aromatic carbocycles. The molecule has 22 nitrogen and oxygen atoms in total. The molecular formula is C34H48N2O20. The van der Waals surface area contributed by atoms with Crippen LogP contribution in [0.3, 0.4) is 0 Å². The molecule has 4 rings (SSSR count). The van der Waals surface area contributed by atoms with Crippen LogP contribution in [0.1, 0.15) is 62.3 Å². The van der Waals surface area contributed by atoms with E-state index in [1.165, 1.54) is 13.8 Å². The summed E-state index contributed by atoms with van der Waals surface area (Å²) in [6, 6.07) is -2.60. The SMILES string of the molecule is CC(=O)N[C@H]1[C@H](O[C@H]2[C@H](O[C@@H]3O[C@@H](C)[C@@H](OC(C)=O)[C@@H](OC(C)=O)[C@@H]3OC(C)=O)[C@@H](NC(C)=O)[C@@H]3OC[C@H]2O3)O[C@H](COC(C)=O)[C@@H](OC(C)=O)[C@@H]1OC(C)=O. The molecule has 15 atom stereocenters. The first-order valence-corrected chi connectivity index (χ1v) is 17.7. The lowest BCUT2D eigenvalue weighted by molar-refractivity contribution is -0.349. The Kier molecular flexibility index (Phi) is 15.1. The van der Waals surface area contributed by atoms with Gasteiger partial charge in [0.25, 0.3) is 0 Å². The summed E-state index contributed by atoms with van der Waals surface area (Å²) >= 11 is 0. The van der Waals surface area contributed by atoms with Crippen LogP contribution in [0.5, 0.6) is 0 Å². The van der Waals surface area contributed by atoms with E-state index >= 15 is 0 Å². The van der Waals surface area contributed by atoms with Crippen molar-refractivity contribution >= 4 is 47.6 Å². The highest BCUT2D eigenvalue weighted by atomic mass is 16.8. The van der Waals surface area contributed by atoms with Crippen molar-refractivity contribution in [1.82, 2.24) is 10.6 Å². The summed E-state index contributed by atoms with van der Waals surface area (Å²) in [6.45, 7) is 9.78. The summed E-state index contributed by atoms with van der Waals surface area (Å²) in [5, 5.41) is 5.31. The molecule has 0 spiro atoms. The van der Waals surface area contributed by atoms with E-state index in [0.29, 0.717) is 0 Å². The van der Waals surface area contributed by atoms with Gasteiger partial charge in [0.1, 0.15) is 43.1 Å². The fourth-order valence-electron chi connectivity index (χ4n) is 6.88. The molecule has 314 valence electrons. The van der Waals surface area contributed by atoms with Crippen LogP contribution in [0.15, 0.2) is 0 Å². The third kappa shape index (κ3) is 11.3. The molecule has 2 bridgehead atoms. The minimum absolute atomic E-state index is 0.136. The highest BCUT2D eigenvalue weighted by Gasteiger charge is 2.59. The van der Waals surface area contributed by atoms with Gasteiger partial charge >= 0.3 is 35.8 Å². The van der Waals surface area contributed by atoms with E-state index < -0.39 is 146 Å². The van der Waals surface area contributed by atoms with Crippen LogP contribution < -0.4 is 10.6 Å². The van der Waals surface area contributed by atoms with Crippen LogP contribution in [0, 0.1) is 0 Å². The van der Waals surface area contributed by atoms with Gasteiger partial charge in [0.15, 0.2) is 49.4 Å². The monoisotopic (exact) mass is 804 g/mol. The van der Waals surface area contributed by atoms with Gasteiger partial charge in [-0.2, -0.15) is 0 Å². The number of carbonyl (C=O) groups excluding carboxylic acids is 8. The molecule has 2 amide bonds. The zero-order chi connectivity index (χ0) is 41.6. The van der Waals surface area contributed by atoms with Crippen molar-refractivity contribution in [2.75, 3.05) is 13.2 Å². The Balaban J connectivity index is 1.80. The van der Waals surface area contributed by atoms with E-state index in [9.17, 15) is 38.4 Å². The van der Waals surface area contributed by atoms with Crippen LogP contribution in [0.2, 0.25) is 0 Å². The molecule has 4 aliphatic rings. The molecule has 0 unspecified atom stereocenters. The molecular weight excluding hydrogens is 756 g/mol. The highest BCUT2D eigenvalue weighted by molar-refractivity contribution is 5.74. The summed E-state index contributed by atoms with van der Waals surface area (Å²) in [5.74, 6) is -6.03. The largest absolute Gasteiger partial charge is 0.463 e. The maximum Gasteiger partial charge on any atom is 0.303 e. The summed E-state index contributed by atoms with van der Waals surface area (Å²) in [7, 11) is 0. The Labute approximate surface area is 321 Å². The molecule has 0 aromatic rings. The lowest BCUT2D eigenvalue weighted by Crippen LogP contribution is -2.70. The van der Waals surface area contributed by atoms with Crippen LogP contribution >= 0.6 is 0 Å². The minimum atomic E-state index is -1.62. The van der Waals surface area contributed by atoms with E-state index in [1.54, 1.807) is 0 Å². The Morgan fingerprint density at radius 3 is 1.57 bits per heavy atom. The zero-order valence-electron chi connectivity index (χ0n) is 32.2. The fourth-order valence-corrected chi connectivity index (χ4v) is 6.88. The van der Waals surface area contributed by atoms with Gasteiger partial charge in [-0.25, -0.2) is 0 Å². The number of fused-ring (bicyclic) bond motifs is 2. The topological polar surface area (TPSA) is 271 Å². The van der Waals surface area contributed by atoms with Crippen molar-refractivity contribution < 1.29 is 95.2 Å². The molecule has 4 fully saturated rings. The van der Waals surface area contributed by atoms with Crippen molar-refractivity contribution in [2.24, 2.45) is 0 Å².